The van der Waals surface area contributed by atoms with Crippen LogP contribution in [0.3, 0.4) is 0 Å². The second-order valence-corrected chi connectivity index (χ2v) is 26.7. The first kappa shape index (κ1) is 37.6. The molecule has 81 heavy (non-hydrogen) atoms. The zero-order valence-electron chi connectivity index (χ0n) is 58.8. The molecular weight excluding hydrogens is 1000 g/mol. The normalized spacial score (nSPS) is 17.5. The smallest absolute Gasteiger partial charge is 0.185 e. The van der Waals surface area contributed by atoms with Crippen LogP contribution in [0.4, 0.5) is 39.9 Å². The summed E-state index contributed by atoms with van der Waals surface area (Å²) in [5.74, 6) is 1.20. The summed E-state index contributed by atoms with van der Waals surface area (Å²) in [6.45, 7) is 10.6. The Bertz CT molecular complexity index is 4900. The molecule has 0 fully saturated rings. The minimum atomic E-state index is -3.23. The van der Waals surface area contributed by atoms with Gasteiger partial charge in [-0.3, -0.25) is 4.90 Å². The summed E-state index contributed by atoms with van der Waals surface area (Å²) in [7, 11) is -3.23. The lowest BCUT2D eigenvalue weighted by Gasteiger charge is -2.43. The van der Waals surface area contributed by atoms with Crippen LogP contribution >= 0.6 is 0 Å². The van der Waals surface area contributed by atoms with Crippen LogP contribution in [0, 0.1) is 6.85 Å². The van der Waals surface area contributed by atoms with Crippen LogP contribution in [0.1, 0.15) is 76.1 Å². The molecular formula is C75H64N4OSi. The Balaban J connectivity index is 0.935. The molecule has 6 heteroatoms. The molecule has 0 N–H and O–H groups in total. The van der Waals surface area contributed by atoms with Gasteiger partial charge in [-0.1, -0.05) is 229 Å². The molecule has 1 aromatic heterocycles. The maximum Gasteiger partial charge on any atom is 0.185 e. The zero-order valence-corrected chi connectivity index (χ0v) is 46.8. The van der Waals surface area contributed by atoms with Crippen molar-refractivity contribution >= 4 is 68.8 Å². The number of para-hydroxylation sites is 4. The van der Waals surface area contributed by atoms with E-state index in [1.807, 2.05) is 102 Å². The van der Waals surface area contributed by atoms with Crippen LogP contribution in [0.25, 0.3) is 44.5 Å². The number of hydrogen-bond acceptors (Lipinski definition) is 5. The number of ether oxygens (including phenoxy) is 1. The minimum Gasteiger partial charge on any atom is -0.457 e. The molecule has 14 rings (SSSR count). The first-order valence-electron chi connectivity index (χ1n) is 33.8. The molecule has 3 aliphatic rings. The molecule has 0 radical (unpaired) electrons. The largest absolute Gasteiger partial charge is 0.457 e. The molecule has 0 saturated heterocycles. The maximum atomic E-state index is 9.37. The van der Waals surface area contributed by atoms with Gasteiger partial charge in [0, 0.05) is 50.5 Å². The maximum absolute atomic E-state index is 9.37. The zero-order chi connectivity index (χ0) is 66.4. The molecule has 0 aliphatic carbocycles. The van der Waals surface area contributed by atoms with E-state index in [4.69, 9.17) is 24.8 Å². The second kappa shape index (κ2) is 19.3. The van der Waals surface area contributed by atoms with Crippen LogP contribution in [-0.4, -0.2) is 19.7 Å². The van der Waals surface area contributed by atoms with E-state index in [2.05, 4.69) is 130 Å². The van der Waals surface area contributed by atoms with E-state index in [0.717, 1.165) is 71.7 Å². The monoisotopic (exact) mass is 1080 g/mol. The molecule has 3 aliphatic heterocycles. The second-order valence-electron chi connectivity index (χ2n) is 23.1. The first-order valence-corrected chi connectivity index (χ1v) is 29.3. The van der Waals surface area contributed by atoms with E-state index >= 15 is 0 Å². The van der Waals surface area contributed by atoms with Crippen molar-refractivity contribution < 1.29 is 22.6 Å². The fraction of sp³-hybridized carbons (Fsp3) is 0.133. The predicted molar refractivity (Wildman–Crippen MR) is 342 cm³/mol. The Hall–Kier alpha value is -9.23. The lowest BCUT2D eigenvalue weighted by Crippen LogP contribution is -2.75. The molecule has 0 amide bonds. The van der Waals surface area contributed by atoms with E-state index in [1.54, 1.807) is 0 Å². The molecule has 11 aromatic rings. The van der Waals surface area contributed by atoms with Crippen molar-refractivity contribution in [2.45, 2.75) is 59.2 Å². The summed E-state index contributed by atoms with van der Waals surface area (Å²) in [6.07, 6.45) is 1.31. The molecule has 0 bridgehead atoms. The highest BCUT2D eigenvalue weighted by Crippen LogP contribution is 2.52. The van der Waals surface area contributed by atoms with E-state index in [-0.39, 0.29) is 57.7 Å². The molecule has 394 valence electrons. The summed E-state index contributed by atoms with van der Waals surface area (Å²) in [5, 5.41) is 4.40. The van der Waals surface area contributed by atoms with E-state index in [9.17, 15) is 2.74 Å². The van der Waals surface area contributed by atoms with Crippen molar-refractivity contribution in [3.63, 3.8) is 0 Å². The van der Waals surface area contributed by atoms with Gasteiger partial charge in [-0.2, -0.15) is 0 Å². The lowest BCUT2D eigenvalue weighted by molar-refractivity contribution is 0.483. The number of rotatable bonds is 9. The Morgan fingerprint density at radius 2 is 1.07 bits per heavy atom. The number of anilines is 7. The van der Waals surface area contributed by atoms with E-state index in [1.165, 1.54) is 17.4 Å². The number of aryl methyl sites for hydroxylation is 1. The Labute approximate surface area is 496 Å². The third kappa shape index (κ3) is 8.30. The van der Waals surface area contributed by atoms with Gasteiger partial charge in [-0.05, 0) is 125 Å². The van der Waals surface area contributed by atoms with Gasteiger partial charge >= 0.3 is 0 Å². The summed E-state index contributed by atoms with van der Waals surface area (Å²) < 4.78 is 122. The third-order valence-corrected chi connectivity index (χ3v) is 21.1. The summed E-state index contributed by atoms with van der Waals surface area (Å²) >= 11 is 0. The van der Waals surface area contributed by atoms with E-state index in [0.29, 0.717) is 28.4 Å². The van der Waals surface area contributed by atoms with Gasteiger partial charge in [0.05, 0.1) is 36.5 Å². The van der Waals surface area contributed by atoms with Crippen molar-refractivity contribution in [1.29, 1.82) is 0 Å². The summed E-state index contributed by atoms with van der Waals surface area (Å²) in [4.78, 5) is 11.3. The van der Waals surface area contributed by atoms with Crippen molar-refractivity contribution in [2.75, 3.05) is 21.4 Å². The number of aromatic nitrogens is 1. The van der Waals surface area contributed by atoms with Gasteiger partial charge in [0.25, 0.3) is 0 Å². The van der Waals surface area contributed by atoms with Crippen molar-refractivity contribution in [1.82, 2.24) is 4.98 Å². The number of nitrogens with zero attached hydrogens (tertiary/aromatic N) is 4. The highest BCUT2D eigenvalue weighted by Gasteiger charge is 2.55. The van der Waals surface area contributed by atoms with Gasteiger partial charge < -0.3 is 14.5 Å². The van der Waals surface area contributed by atoms with Gasteiger partial charge in [-0.25, -0.2) is 4.98 Å². The number of hydrogen-bond donors (Lipinski definition) is 0. The topological polar surface area (TPSA) is 31.8 Å². The molecule has 1 unspecified atom stereocenters. The number of fused-ring (bicyclic) bond motifs is 6. The van der Waals surface area contributed by atoms with Crippen LogP contribution in [0.15, 0.2) is 249 Å². The first-order chi connectivity index (χ1) is 44.7. The molecule has 5 nitrogen and oxygen atoms in total. The fourth-order valence-corrected chi connectivity index (χ4v) is 17.8. The fourth-order valence-electron chi connectivity index (χ4n) is 12.3. The predicted octanol–water partition coefficient (Wildman–Crippen LogP) is 17.2. The summed E-state index contributed by atoms with van der Waals surface area (Å²) in [5.41, 5.74) is 10.1. The Morgan fingerprint density at radius 3 is 1.77 bits per heavy atom. The molecule has 0 spiro atoms. The Morgan fingerprint density at radius 1 is 0.481 bits per heavy atom. The molecule has 0 saturated carbocycles. The third-order valence-electron chi connectivity index (χ3n) is 16.1. The van der Waals surface area contributed by atoms with Crippen molar-refractivity contribution in [3.8, 4) is 56.0 Å². The van der Waals surface area contributed by atoms with Gasteiger partial charge in [0.2, 0.25) is 0 Å². The lowest BCUT2D eigenvalue weighted by atomic mass is 9.78. The minimum absolute atomic E-state index is 0.0952. The number of pyridine rings is 1. The van der Waals surface area contributed by atoms with Crippen LogP contribution < -0.4 is 40.2 Å². The highest BCUT2D eigenvalue weighted by molar-refractivity contribution is 7.23. The van der Waals surface area contributed by atoms with Crippen LogP contribution in [-0.2, 0) is 10.8 Å². The number of benzene rings is 10. The standard InChI is InChI=1S/C75H64N4OSi/c1-50-41-71(76-48-64(50)52-27-13-9-14-28-52)79-67-38-20-22-40-70(67)81(59-31-15-10-16-32-59)69-39-21-17-33-62(69)63-46-58(47-68(79)73(63)81)80-57-30-23-29-56(45-57)77-49-78(66-37-19-18-36-65(66)77)72-60(51-25-11-8-12-26-51)34-24-35-61(72)53-42-54(74(2,3)4)44-55(43-53)75(5,6)7/h8-48H,49H2,1-7H3/i1D3,8D,9D,11D,12D,13D,14D,25D,26D,27D,28D. The van der Waals surface area contributed by atoms with Gasteiger partial charge in [0.15, 0.2) is 8.07 Å². The average molecular weight is 1080 g/mol. The molecule has 1 atom stereocenters. The molecule has 4 heterocycles. The molecule has 10 aromatic carbocycles. The van der Waals surface area contributed by atoms with Crippen molar-refractivity contribution in [2.24, 2.45) is 0 Å². The van der Waals surface area contributed by atoms with Gasteiger partial charge in [-0.15, -0.1) is 0 Å². The van der Waals surface area contributed by atoms with Crippen LogP contribution in [0.2, 0.25) is 0 Å². The van der Waals surface area contributed by atoms with Crippen LogP contribution in [0.5, 0.6) is 11.5 Å². The van der Waals surface area contributed by atoms with Crippen molar-refractivity contribution in [3.05, 3.63) is 265 Å². The SMILES string of the molecule is [2H]c1c([2H])c([2H])c(-c2cnc(N3c4ccccc4[Si]4(c5ccccc5)c5ccccc5-c5cc(Oc6cccc(N7CN(c8c(-c9cc(C(C)(C)C)cc(C(C)(C)C)c9)cccc8-c8c([2H])c([2H])c([2H])c([2H])c8[2H])c8ccccc87)c6)cc3c54)cc2C([2H])([2H])[2H])c([2H])c1[2H]. The summed E-state index contributed by atoms with van der Waals surface area (Å²) in [6, 6.07) is 56.2. The average Bonchev–Trinajstić information content (AvgIpc) is 1.47. The Kier molecular flexibility index (Phi) is 8.94. The van der Waals surface area contributed by atoms with E-state index < -0.39 is 63.3 Å². The van der Waals surface area contributed by atoms with Gasteiger partial charge in [0.1, 0.15) is 24.0 Å². The highest BCUT2D eigenvalue weighted by atomic mass is 28.3. The quantitative estimate of drug-likeness (QED) is 0.135.